The molecule has 1 rings (SSSR count). The van der Waals surface area contributed by atoms with E-state index in [1.807, 2.05) is 0 Å². The van der Waals surface area contributed by atoms with Gasteiger partial charge in [-0.05, 0) is 44.1 Å². The Balaban J connectivity index is 2.53. The second-order valence-electron chi connectivity index (χ2n) is 4.66. The molecule has 0 aliphatic heterocycles. The van der Waals surface area contributed by atoms with Crippen molar-refractivity contribution < 1.29 is 12.8 Å². The fourth-order valence-corrected chi connectivity index (χ4v) is 2.70. The average molecular weight is 338 g/mol. The Morgan fingerprint density at radius 2 is 2.05 bits per heavy atom. The van der Waals surface area contributed by atoms with Crippen LogP contribution in [0.15, 0.2) is 18.2 Å². The first-order valence-corrected chi connectivity index (χ1v) is 8.58. The van der Waals surface area contributed by atoms with Crippen LogP contribution in [0.25, 0.3) is 0 Å². The molecule has 21 heavy (non-hydrogen) atoms. The average Bonchev–Trinajstić information content (AvgIpc) is 2.42. The molecule has 0 bridgehead atoms. The lowest BCUT2D eigenvalue weighted by molar-refractivity contribution is 0.458. The summed E-state index contributed by atoms with van der Waals surface area (Å²) < 4.78 is 40.9. The summed E-state index contributed by atoms with van der Waals surface area (Å²) in [5, 5.41) is 3.15. The highest BCUT2D eigenvalue weighted by molar-refractivity contribution is 7.90. The molecular weight excluding hydrogens is 317 g/mol. The van der Waals surface area contributed by atoms with Crippen molar-refractivity contribution in [1.82, 2.24) is 9.62 Å². The van der Waals surface area contributed by atoms with Gasteiger partial charge in [0.15, 0.2) is 0 Å². The van der Waals surface area contributed by atoms with E-state index in [0.717, 1.165) is 25.6 Å². The van der Waals surface area contributed by atoms with E-state index in [9.17, 15) is 12.8 Å². The maximum atomic E-state index is 13.3. The first-order valence-electron chi connectivity index (χ1n) is 6.76. The normalized spacial score (nSPS) is 11.9. The summed E-state index contributed by atoms with van der Waals surface area (Å²) in [6.07, 6.45) is 1.74. The first-order chi connectivity index (χ1) is 9.86. The van der Waals surface area contributed by atoms with Crippen molar-refractivity contribution in [3.63, 3.8) is 0 Å². The number of rotatable bonds is 9. The van der Waals surface area contributed by atoms with E-state index in [1.165, 1.54) is 23.5 Å². The maximum absolute atomic E-state index is 13.3. The third kappa shape index (κ3) is 6.17. The van der Waals surface area contributed by atoms with Crippen LogP contribution in [-0.2, 0) is 10.2 Å². The number of nitrogens with zero attached hydrogens (tertiary/aromatic N) is 1. The molecule has 0 radical (unpaired) electrons. The van der Waals surface area contributed by atoms with E-state index in [4.69, 9.17) is 11.6 Å². The van der Waals surface area contributed by atoms with Crippen LogP contribution in [0, 0.1) is 5.82 Å². The molecule has 0 spiro atoms. The minimum atomic E-state index is -3.69. The smallest absolute Gasteiger partial charge is 0.301 e. The molecule has 1 aromatic rings. The third-order valence-electron chi connectivity index (χ3n) is 2.83. The highest BCUT2D eigenvalue weighted by atomic mass is 35.5. The van der Waals surface area contributed by atoms with Gasteiger partial charge in [0.1, 0.15) is 5.82 Å². The van der Waals surface area contributed by atoms with E-state index in [-0.39, 0.29) is 10.7 Å². The Labute approximate surface area is 130 Å². The van der Waals surface area contributed by atoms with Crippen LogP contribution in [0.5, 0.6) is 0 Å². The Bertz CT molecular complexity index is 554. The van der Waals surface area contributed by atoms with Crippen LogP contribution >= 0.6 is 11.6 Å². The molecule has 0 aliphatic rings. The molecule has 0 amide bonds. The summed E-state index contributed by atoms with van der Waals surface area (Å²) in [5.41, 5.74) is 0.146. The summed E-state index contributed by atoms with van der Waals surface area (Å²) in [4.78, 5) is 0. The van der Waals surface area contributed by atoms with Gasteiger partial charge in [-0.25, -0.2) is 4.39 Å². The molecule has 0 aromatic heterocycles. The predicted molar refractivity (Wildman–Crippen MR) is 84.4 cm³/mol. The fourth-order valence-electron chi connectivity index (χ4n) is 1.64. The van der Waals surface area contributed by atoms with Crippen LogP contribution < -0.4 is 10.0 Å². The molecule has 2 N–H and O–H groups in total. The molecule has 0 saturated carbocycles. The van der Waals surface area contributed by atoms with Gasteiger partial charge in [-0.15, -0.1) is 0 Å². The molecule has 8 heteroatoms. The fraction of sp³-hybridized carbons (Fsp3) is 0.538. The molecule has 0 atom stereocenters. The molecule has 0 heterocycles. The molecule has 120 valence electrons. The van der Waals surface area contributed by atoms with Gasteiger partial charge < -0.3 is 5.32 Å². The Morgan fingerprint density at radius 3 is 2.67 bits per heavy atom. The van der Waals surface area contributed by atoms with Crippen molar-refractivity contribution in [2.75, 3.05) is 31.4 Å². The molecular formula is C13H21ClFN3O2S. The summed E-state index contributed by atoms with van der Waals surface area (Å²) in [6, 6.07) is 3.78. The second-order valence-corrected chi connectivity index (χ2v) is 6.85. The van der Waals surface area contributed by atoms with E-state index < -0.39 is 16.0 Å². The maximum Gasteiger partial charge on any atom is 0.301 e. The van der Waals surface area contributed by atoms with Gasteiger partial charge in [0.05, 0.1) is 10.7 Å². The van der Waals surface area contributed by atoms with E-state index in [1.54, 1.807) is 0 Å². The van der Waals surface area contributed by atoms with Crippen molar-refractivity contribution in [3.8, 4) is 0 Å². The molecule has 1 aromatic carbocycles. The summed E-state index contributed by atoms with van der Waals surface area (Å²) >= 11 is 5.55. The van der Waals surface area contributed by atoms with E-state index >= 15 is 0 Å². The largest absolute Gasteiger partial charge is 0.317 e. The summed E-state index contributed by atoms with van der Waals surface area (Å²) in [7, 11) is -2.21. The van der Waals surface area contributed by atoms with Crippen molar-refractivity contribution in [3.05, 3.63) is 29.0 Å². The SMILES string of the molecule is CCCNCCCN(C)S(=O)(=O)Nc1ccc(Cl)c(F)c1. The number of benzene rings is 1. The number of nitrogens with one attached hydrogen (secondary N) is 2. The van der Waals surface area contributed by atoms with Crippen molar-refractivity contribution in [2.24, 2.45) is 0 Å². The van der Waals surface area contributed by atoms with Gasteiger partial charge in [0.25, 0.3) is 0 Å². The zero-order valence-electron chi connectivity index (χ0n) is 12.2. The van der Waals surface area contributed by atoms with E-state index in [2.05, 4.69) is 17.0 Å². The lowest BCUT2D eigenvalue weighted by Gasteiger charge is -2.18. The zero-order valence-corrected chi connectivity index (χ0v) is 13.8. The Hall–Kier alpha value is -0.890. The minimum absolute atomic E-state index is 0.0479. The van der Waals surface area contributed by atoms with Crippen LogP contribution in [-0.4, -0.2) is 39.4 Å². The lowest BCUT2D eigenvalue weighted by Crippen LogP contribution is -2.34. The van der Waals surface area contributed by atoms with Crippen LogP contribution in [0.1, 0.15) is 19.8 Å². The third-order valence-corrected chi connectivity index (χ3v) is 4.63. The second kappa shape index (κ2) is 8.53. The highest BCUT2D eigenvalue weighted by Gasteiger charge is 2.17. The molecule has 5 nitrogen and oxygen atoms in total. The molecule has 0 saturated heterocycles. The van der Waals surface area contributed by atoms with Crippen molar-refractivity contribution >= 4 is 27.5 Å². The number of anilines is 1. The molecule has 0 aliphatic carbocycles. The van der Waals surface area contributed by atoms with Crippen LogP contribution in [0.4, 0.5) is 10.1 Å². The van der Waals surface area contributed by atoms with Gasteiger partial charge in [0.2, 0.25) is 0 Å². The summed E-state index contributed by atoms with van der Waals surface area (Å²) in [6.45, 7) is 4.11. The Morgan fingerprint density at radius 1 is 1.33 bits per heavy atom. The van der Waals surface area contributed by atoms with Crippen molar-refractivity contribution in [2.45, 2.75) is 19.8 Å². The number of hydrogen-bond acceptors (Lipinski definition) is 3. The van der Waals surface area contributed by atoms with E-state index in [0.29, 0.717) is 13.0 Å². The monoisotopic (exact) mass is 337 g/mol. The highest BCUT2D eigenvalue weighted by Crippen LogP contribution is 2.19. The topological polar surface area (TPSA) is 61.4 Å². The number of halogens is 2. The van der Waals surface area contributed by atoms with Gasteiger partial charge in [-0.2, -0.15) is 12.7 Å². The lowest BCUT2D eigenvalue weighted by atomic mass is 10.3. The Kier molecular flexibility index (Phi) is 7.37. The van der Waals surface area contributed by atoms with Gasteiger partial charge in [-0.1, -0.05) is 18.5 Å². The standard InChI is InChI=1S/C13H21ClFN3O2S/c1-3-7-16-8-4-9-18(2)21(19,20)17-11-5-6-12(14)13(15)10-11/h5-6,10,16-17H,3-4,7-9H2,1-2H3. The molecule has 0 unspecified atom stereocenters. The summed E-state index contributed by atoms with van der Waals surface area (Å²) in [5.74, 6) is -0.664. The first kappa shape index (κ1) is 18.2. The van der Waals surface area contributed by atoms with Gasteiger partial charge in [0, 0.05) is 13.6 Å². The van der Waals surface area contributed by atoms with Crippen LogP contribution in [0.2, 0.25) is 5.02 Å². The number of hydrogen-bond donors (Lipinski definition) is 2. The quantitative estimate of drug-likeness (QED) is 0.680. The van der Waals surface area contributed by atoms with Gasteiger partial charge in [-0.3, -0.25) is 4.72 Å². The minimum Gasteiger partial charge on any atom is -0.317 e. The predicted octanol–water partition coefficient (Wildman–Crippen LogP) is 2.46. The molecule has 0 fully saturated rings. The van der Waals surface area contributed by atoms with Gasteiger partial charge >= 0.3 is 10.2 Å². The zero-order chi connectivity index (χ0) is 15.9. The van der Waals surface area contributed by atoms with Crippen molar-refractivity contribution in [1.29, 1.82) is 0 Å². The van der Waals surface area contributed by atoms with Crippen LogP contribution in [0.3, 0.4) is 0 Å².